The zero-order valence-corrected chi connectivity index (χ0v) is 13.5. The Morgan fingerprint density at radius 2 is 1.91 bits per heavy atom. The van der Waals surface area contributed by atoms with E-state index in [9.17, 15) is 10.1 Å². The van der Waals surface area contributed by atoms with E-state index in [-0.39, 0.29) is 11.4 Å². The molecular weight excluding hydrogens is 389 g/mol. The summed E-state index contributed by atoms with van der Waals surface area (Å²) < 4.78 is 1.12. The molecule has 0 atom stereocenters. The van der Waals surface area contributed by atoms with Crippen molar-refractivity contribution in [1.82, 2.24) is 9.97 Å². The molecule has 0 radical (unpaired) electrons. The van der Waals surface area contributed by atoms with Crippen LogP contribution in [0.3, 0.4) is 0 Å². The Bertz CT molecular complexity index is 966. The summed E-state index contributed by atoms with van der Waals surface area (Å²) in [5, 5.41) is 9.89. The van der Waals surface area contributed by atoms with Crippen LogP contribution in [-0.4, -0.2) is 9.97 Å². The maximum Gasteiger partial charge on any atom is 0.259 e. The molecule has 0 fully saturated rings. The number of fused-ring (bicyclic) bond motifs is 1. The number of benzene rings is 2. The number of para-hydroxylation sites is 1. The highest BCUT2D eigenvalue weighted by atomic mass is 127. The summed E-state index contributed by atoms with van der Waals surface area (Å²) in [7, 11) is 0. The van der Waals surface area contributed by atoms with Gasteiger partial charge in [0.25, 0.3) is 5.56 Å². The average Bonchev–Trinajstić information content (AvgIpc) is 2.54. The molecule has 0 spiro atoms. The summed E-state index contributed by atoms with van der Waals surface area (Å²) in [6, 6.07) is 16.9. The van der Waals surface area contributed by atoms with Crippen LogP contribution >= 0.6 is 22.6 Å². The van der Waals surface area contributed by atoms with Gasteiger partial charge in [0.2, 0.25) is 0 Å². The Balaban J connectivity index is 2.13. The molecule has 0 saturated heterocycles. The molecule has 5 heteroatoms. The van der Waals surface area contributed by atoms with Gasteiger partial charge in [0.1, 0.15) is 6.07 Å². The molecule has 0 amide bonds. The van der Waals surface area contributed by atoms with Crippen molar-refractivity contribution in [3.63, 3.8) is 0 Å². The topological polar surface area (TPSA) is 69.5 Å². The number of allylic oxidation sites excluding steroid dienone is 1. The van der Waals surface area contributed by atoms with Crippen molar-refractivity contribution >= 4 is 45.1 Å². The molecular formula is C17H10IN3O. The first-order valence-electron chi connectivity index (χ1n) is 6.54. The largest absolute Gasteiger partial charge is 0.305 e. The third-order valence-electron chi connectivity index (χ3n) is 3.17. The maximum absolute atomic E-state index is 12.1. The molecule has 1 heterocycles. The number of hydrogen-bond donors (Lipinski definition) is 1. The molecule has 1 N–H and O–H groups in total. The molecule has 0 saturated carbocycles. The fraction of sp³-hybridized carbons (Fsp3) is 0. The van der Waals surface area contributed by atoms with Crippen LogP contribution in [0.4, 0.5) is 0 Å². The number of halogens is 1. The fourth-order valence-corrected chi connectivity index (χ4v) is 2.45. The predicted octanol–water partition coefficient (Wildman–Crippen LogP) is 3.59. The summed E-state index contributed by atoms with van der Waals surface area (Å²) in [5.74, 6) is 0.282. The van der Waals surface area contributed by atoms with Gasteiger partial charge in [-0.25, -0.2) is 4.98 Å². The third kappa shape index (κ3) is 2.92. The molecule has 0 aliphatic rings. The zero-order valence-electron chi connectivity index (χ0n) is 11.4. The van der Waals surface area contributed by atoms with Crippen LogP contribution in [0.25, 0.3) is 22.6 Å². The van der Waals surface area contributed by atoms with E-state index in [1.165, 1.54) is 0 Å². The highest BCUT2D eigenvalue weighted by Gasteiger charge is 2.07. The Morgan fingerprint density at radius 3 is 2.64 bits per heavy atom. The van der Waals surface area contributed by atoms with Crippen molar-refractivity contribution in [2.24, 2.45) is 0 Å². The standard InChI is InChI=1S/C17H10IN3O/c18-13-7-5-11(6-8-13)9-12(10-19)16-20-15-4-2-1-3-14(15)17(22)21-16/h1-9H,(H,20,21,22). The summed E-state index contributed by atoms with van der Waals surface area (Å²) in [6.07, 6.45) is 1.71. The smallest absolute Gasteiger partial charge is 0.259 e. The van der Waals surface area contributed by atoms with Gasteiger partial charge in [0, 0.05) is 3.57 Å². The van der Waals surface area contributed by atoms with Crippen molar-refractivity contribution in [2.45, 2.75) is 0 Å². The Labute approximate surface area is 140 Å². The van der Waals surface area contributed by atoms with Crippen LogP contribution in [0.2, 0.25) is 0 Å². The van der Waals surface area contributed by atoms with E-state index in [1.807, 2.05) is 30.3 Å². The number of nitrogens with one attached hydrogen (secondary N) is 1. The normalized spacial score (nSPS) is 11.4. The van der Waals surface area contributed by atoms with Crippen LogP contribution in [-0.2, 0) is 0 Å². The number of hydrogen-bond acceptors (Lipinski definition) is 3. The summed E-state index contributed by atoms with van der Waals surface area (Å²) in [5.41, 5.74) is 1.53. The van der Waals surface area contributed by atoms with Gasteiger partial charge in [0.05, 0.1) is 16.5 Å². The lowest BCUT2D eigenvalue weighted by Gasteiger charge is -2.02. The Morgan fingerprint density at radius 1 is 1.18 bits per heavy atom. The van der Waals surface area contributed by atoms with Crippen molar-refractivity contribution < 1.29 is 0 Å². The number of aromatic amines is 1. The van der Waals surface area contributed by atoms with Gasteiger partial charge in [-0.05, 0) is 58.5 Å². The second-order valence-electron chi connectivity index (χ2n) is 4.65. The van der Waals surface area contributed by atoms with Gasteiger partial charge >= 0.3 is 0 Å². The molecule has 0 bridgehead atoms. The first kappa shape index (κ1) is 14.5. The molecule has 0 unspecified atom stereocenters. The lowest BCUT2D eigenvalue weighted by Crippen LogP contribution is -2.11. The summed E-state index contributed by atoms with van der Waals surface area (Å²) in [4.78, 5) is 19.1. The third-order valence-corrected chi connectivity index (χ3v) is 3.89. The van der Waals surface area contributed by atoms with E-state index in [4.69, 9.17) is 0 Å². The highest BCUT2D eigenvalue weighted by Crippen LogP contribution is 2.16. The van der Waals surface area contributed by atoms with E-state index in [2.05, 4.69) is 38.6 Å². The van der Waals surface area contributed by atoms with Gasteiger partial charge in [-0.1, -0.05) is 24.3 Å². The lowest BCUT2D eigenvalue weighted by atomic mass is 10.1. The lowest BCUT2D eigenvalue weighted by molar-refractivity contribution is 1.13. The molecule has 1 aromatic heterocycles. The molecule has 106 valence electrons. The quantitative estimate of drug-likeness (QED) is 0.529. The molecule has 3 aromatic rings. The molecule has 0 aliphatic carbocycles. The predicted molar refractivity (Wildman–Crippen MR) is 95.0 cm³/mol. The Kier molecular flexibility index (Phi) is 4.02. The van der Waals surface area contributed by atoms with E-state index in [0.717, 1.165) is 9.13 Å². The maximum atomic E-state index is 12.1. The first-order chi connectivity index (χ1) is 10.7. The summed E-state index contributed by atoms with van der Waals surface area (Å²) >= 11 is 2.22. The van der Waals surface area contributed by atoms with Crippen LogP contribution in [0.5, 0.6) is 0 Å². The highest BCUT2D eigenvalue weighted by molar-refractivity contribution is 14.1. The van der Waals surface area contributed by atoms with Crippen LogP contribution in [0.1, 0.15) is 11.4 Å². The van der Waals surface area contributed by atoms with E-state index in [0.29, 0.717) is 16.5 Å². The average molecular weight is 399 g/mol. The fourth-order valence-electron chi connectivity index (χ4n) is 2.09. The van der Waals surface area contributed by atoms with E-state index in [1.54, 1.807) is 24.3 Å². The molecule has 2 aromatic carbocycles. The summed E-state index contributed by atoms with van der Waals surface area (Å²) in [6.45, 7) is 0. The van der Waals surface area contributed by atoms with Crippen molar-refractivity contribution in [2.75, 3.05) is 0 Å². The van der Waals surface area contributed by atoms with Gasteiger partial charge < -0.3 is 4.98 Å². The number of H-pyrrole nitrogens is 1. The molecule has 22 heavy (non-hydrogen) atoms. The molecule has 4 nitrogen and oxygen atoms in total. The van der Waals surface area contributed by atoms with Gasteiger partial charge in [-0.2, -0.15) is 5.26 Å². The minimum Gasteiger partial charge on any atom is -0.305 e. The first-order valence-corrected chi connectivity index (χ1v) is 7.62. The number of nitriles is 1. The number of aromatic nitrogens is 2. The van der Waals surface area contributed by atoms with E-state index >= 15 is 0 Å². The minimum atomic E-state index is -0.246. The number of nitrogens with zero attached hydrogens (tertiary/aromatic N) is 2. The van der Waals surface area contributed by atoms with Gasteiger partial charge in [-0.15, -0.1) is 0 Å². The van der Waals surface area contributed by atoms with E-state index < -0.39 is 0 Å². The van der Waals surface area contributed by atoms with Gasteiger partial charge in [0.15, 0.2) is 5.82 Å². The van der Waals surface area contributed by atoms with Crippen LogP contribution in [0.15, 0.2) is 53.3 Å². The van der Waals surface area contributed by atoms with Gasteiger partial charge in [-0.3, -0.25) is 4.79 Å². The molecule has 0 aliphatic heterocycles. The Hall–Kier alpha value is -2.46. The SMILES string of the molecule is N#CC(=Cc1ccc(I)cc1)c1nc2ccccc2c(=O)[nH]1. The van der Waals surface area contributed by atoms with Crippen molar-refractivity contribution in [1.29, 1.82) is 5.26 Å². The zero-order chi connectivity index (χ0) is 15.5. The van der Waals surface area contributed by atoms with Crippen molar-refractivity contribution in [3.8, 4) is 6.07 Å². The number of rotatable bonds is 2. The van der Waals surface area contributed by atoms with Crippen molar-refractivity contribution in [3.05, 3.63) is 73.8 Å². The minimum absolute atomic E-state index is 0.246. The second-order valence-corrected chi connectivity index (χ2v) is 5.90. The monoisotopic (exact) mass is 399 g/mol. The van der Waals surface area contributed by atoms with Crippen LogP contribution < -0.4 is 5.56 Å². The molecule has 3 rings (SSSR count). The second kappa shape index (κ2) is 6.12. The van der Waals surface area contributed by atoms with Crippen LogP contribution in [0, 0.1) is 14.9 Å².